The van der Waals surface area contributed by atoms with Gasteiger partial charge in [0.15, 0.2) is 11.5 Å². The van der Waals surface area contributed by atoms with Crippen molar-refractivity contribution >= 4 is 16.8 Å². The second kappa shape index (κ2) is 11.0. The fourth-order valence-corrected chi connectivity index (χ4v) is 3.32. The lowest BCUT2D eigenvalue weighted by atomic mass is 10.1. The van der Waals surface area contributed by atoms with Crippen LogP contribution in [-0.2, 0) is 4.74 Å². The highest BCUT2D eigenvalue weighted by molar-refractivity contribution is 5.93. The number of nitrogens with two attached hydrogens (primary N) is 1. The molecular formula is C22H32N6O3. The van der Waals surface area contributed by atoms with Crippen molar-refractivity contribution in [2.75, 3.05) is 46.4 Å². The van der Waals surface area contributed by atoms with Crippen molar-refractivity contribution in [3.8, 4) is 11.3 Å². The van der Waals surface area contributed by atoms with E-state index in [0.29, 0.717) is 30.7 Å². The molecular weight excluding hydrogens is 396 g/mol. The highest BCUT2D eigenvalue weighted by Gasteiger charge is 2.22. The fourth-order valence-electron chi connectivity index (χ4n) is 3.32. The first kappa shape index (κ1) is 22.9. The Kier molecular flexibility index (Phi) is 8.16. The minimum Gasteiger partial charge on any atom is -0.377 e. The summed E-state index contributed by atoms with van der Waals surface area (Å²) in [4.78, 5) is 16.7. The van der Waals surface area contributed by atoms with Crippen LogP contribution in [0.3, 0.4) is 0 Å². The Morgan fingerprint density at radius 2 is 2.10 bits per heavy atom. The van der Waals surface area contributed by atoms with E-state index in [1.165, 1.54) is 0 Å². The molecule has 0 saturated carbocycles. The smallest absolute Gasteiger partial charge is 0.276 e. The molecule has 0 atom stereocenters. The van der Waals surface area contributed by atoms with Crippen LogP contribution < -0.4 is 5.73 Å². The molecule has 3 N–H and O–H groups in total. The van der Waals surface area contributed by atoms with E-state index in [1.54, 1.807) is 12.3 Å². The number of hydrogen-bond acceptors (Lipinski definition) is 7. The Balaban J connectivity index is 0.000000339. The first-order valence-corrected chi connectivity index (χ1v) is 10.7. The molecule has 1 saturated heterocycles. The summed E-state index contributed by atoms with van der Waals surface area (Å²) < 4.78 is 10.5. The molecule has 31 heavy (non-hydrogen) atoms. The number of amides is 1. The normalized spacial score (nSPS) is 15.1. The molecule has 1 aliphatic rings. The zero-order valence-electron chi connectivity index (χ0n) is 18.5. The summed E-state index contributed by atoms with van der Waals surface area (Å²) in [5.41, 5.74) is 7.36. The van der Waals surface area contributed by atoms with Gasteiger partial charge >= 0.3 is 0 Å². The summed E-state index contributed by atoms with van der Waals surface area (Å²) in [6.07, 6.45) is 3.06. The average molecular weight is 429 g/mol. The average Bonchev–Trinajstić information content (AvgIpc) is 3.38. The van der Waals surface area contributed by atoms with E-state index in [4.69, 9.17) is 15.0 Å². The van der Waals surface area contributed by atoms with Crippen LogP contribution in [0.4, 0.5) is 0 Å². The SMILES string of the molecule is CC(C)OCCN.CN1CCCN(C(=O)c2cc(-c3ccc4[nH]ncc4c3)on2)CC1. The maximum absolute atomic E-state index is 12.6. The molecule has 0 unspecified atom stereocenters. The van der Waals surface area contributed by atoms with Gasteiger partial charge in [0.2, 0.25) is 0 Å². The van der Waals surface area contributed by atoms with Crippen molar-refractivity contribution < 1.29 is 14.1 Å². The van der Waals surface area contributed by atoms with E-state index in [0.717, 1.165) is 49.1 Å². The Morgan fingerprint density at radius 1 is 1.26 bits per heavy atom. The monoisotopic (exact) mass is 428 g/mol. The number of carbonyl (C=O) groups excluding carboxylic acids is 1. The zero-order chi connectivity index (χ0) is 22.2. The second-order valence-corrected chi connectivity index (χ2v) is 7.91. The van der Waals surface area contributed by atoms with Gasteiger partial charge in [-0.1, -0.05) is 5.16 Å². The third-order valence-corrected chi connectivity index (χ3v) is 5.03. The lowest BCUT2D eigenvalue weighted by Gasteiger charge is -2.18. The number of ether oxygens (including phenoxy) is 1. The van der Waals surface area contributed by atoms with Crippen LogP contribution in [0.25, 0.3) is 22.2 Å². The van der Waals surface area contributed by atoms with Crippen molar-refractivity contribution in [3.63, 3.8) is 0 Å². The number of nitrogens with zero attached hydrogens (tertiary/aromatic N) is 4. The largest absolute Gasteiger partial charge is 0.377 e. The number of carbonyl (C=O) groups is 1. The van der Waals surface area contributed by atoms with Gasteiger partial charge in [-0.2, -0.15) is 5.10 Å². The molecule has 3 aromatic rings. The fraction of sp³-hybridized carbons (Fsp3) is 0.500. The van der Waals surface area contributed by atoms with E-state index in [1.807, 2.05) is 36.9 Å². The molecule has 1 amide bonds. The molecule has 0 bridgehead atoms. The maximum Gasteiger partial charge on any atom is 0.276 e. The maximum atomic E-state index is 12.6. The number of likely N-dealkylation sites (N-methyl/N-ethyl adjacent to an activating group) is 1. The first-order chi connectivity index (χ1) is 15.0. The number of aromatic nitrogens is 3. The Labute approximate surface area is 182 Å². The first-order valence-electron chi connectivity index (χ1n) is 10.7. The number of rotatable bonds is 5. The summed E-state index contributed by atoms with van der Waals surface area (Å²) in [5.74, 6) is 0.526. The third kappa shape index (κ3) is 6.36. The van der Waals surface area contributed by atoms with Crippen LogP contribution in [0, 0.1) is 0 Å². The molecule has 0 aliphatic carbocycles. The number of nitrogens with one attached hydrogen (secondary N) is 1. The van der Waals surface area contributed by atoms with Gasteiger partial charge in [-0.15, -0.1) is 0 Å². The number of aromatic amines is 1. The zero-order valence-corrected chi connectivity index (χ0v) is 18.5. The number of hydrogen-bond donors (Lipinski definition) is 2. The van der Waals surface area contributed by atoms with Crippen molar-refractivity contribution in [2.45, 2.75) is 26.4 Å². The quantitative estimate of drug-likeness (QED) is 0.641. The summed E-state index contributed by atoms with van der Waals surface area (Å²) in [6.45, 7) is 8.66. The van der Waals surface area contributed by atoms with Crippen LogP contribution in [0.2, 0.25) is 0 Å². The van der Waals surface area contributed by atoms with E-state index >= 15 is 0 Å². The molecule has 2 aromatic heterocycles. The molecule has 0 radical (unpaired) electrons. The lowest BCUT2D eigenvalue weighted by Crippen LogP contribution is -2.34. The van der Waals surface area contributed by atoms with Gasteiger partial charge in [-0.05, 0) is 52.1 Å². The molecule has 9 nitrogen and oxygen atoms in total. The van der Waals surface area contributed by atoms with Gasteiger partial charge in [-0.3, -0.25) is 9.89 Å². The number of H-pyrrole nitrogens is 1. The summed E-state index contributed by atoms with van der Waals surface area (Å²) in [5, 5.41) is 11.9. The summed E-state index contributed by atoms with van der Waals surface area (Å²) in [6, 6.07) is 7.55. The van der Waals surface area contributed by atoms with Gasteiger partial charge in [0.1, 0.15) is 0 Å². The Morgan fingerprint density at radius 3 is 2.84 bits per heavy atom. The predicted octanol–water partition coefficient (Wildman–Crippen LogP) is 2.37. The van der Waals surface area contributed by atoms with Gasteiger partial charge in [0.25, 0.3) is 5.91 Å². The van der Waals surface area contributed by atoms with E-state index < -0.39 is 0 Å². The minimum atomic E-state index is -0.0651. The van der Waals surface area contributed by atoms with Crippen molar-refractivity contribution in [3.05, 3.63) is 36.2 Å². The minimum absolute atomic E-state index is 0.0651. The summed E-state index contributed by atoms with van der Waals surface area (Å²) >= 11 is 0. The predicted molar refractivity (Wildman–Crippen MR) is 120 cm³/mol. The molecule has 1 fully saturated rings. The molecule has 168 valence electrons. The van der Waals surface area contributed by atoms with Gasteiger partial charge in [0, 0.05) is 43.2 Å². The topological polar surface area (TPSA) is 114 Å². The van der Waals surface area contributed by atoms with Crippen molar-refractivity contribution in [1.82, 2.24) is 25.2 Å². The van der Waals surface area contributed by atoms with Crippen LogP contribution in [-0.4, -0.2) is 83.5 Å². The molecule has 1 aromatic carbocycles. The summed E-state index contributed by atoms with van der Waals surface area (Å²) in [7, 11) is 2.08. The Bertz CT molecular complexity index is 967. The lowest BCUT2D eigenvalue weighted by molar-refractivity contribution is 0.0752. The van der Waals surface area contributed by atoms with Gasteiger partial charge < -0.3 is 24.8 Å². The highest BCUT2D eigenvalue weighted by atomic mass is 16.5. The highest BCUT2D eigenvalue weighted by Crippen LogP contribution is 2.24. The molecule has 4 rings (SSSR count). The van der Waals surface area contributed by atoms with E-state index in [-0.39, 0.29) is 5.91 Å². The van der Waals surface area contributed by atoms with Crippen LogP contribution in [0.1, 0.15) is 30.8 Å². The van der Waals surface area contributed by atoms with E-state index in [2.05, 4.69) is 27.3 Å². The van der Waals surface area contributed by atoms with Crippen LogP contribution >= 0.6 is 0 Å². The van der Waals surface area contributed by atoms with Crippen molar-refractivity contribution in [1.29, 1.82) is 0 Å². The second-order valence-electron chi connectivity index (χ2n) is 7.91. The molecule has 0 spiro atoms. The van der Waals surface area contributed by atoms with Gasteiger partial charge in [0.05, 0.1) is 24.4 Å². The number of fused-ring (bicyclic) bond motifs is 1. The Hall–Kier alpha value is -2.75. The van der Waals surface area contributed by atoms with E-state index in [9.17, 15) is 4.79 Å². The van der Waals surface area contributed by atoms with Crippen LogP contribution in [0.15, 0.2) is 35.0 Å². The van der Waals surface area contributed by atoms with Crippen molar-refractivity contribution in [2.24, 2.45) is 5.73 Å². The molecule has 1 aliphatic heterocycles. The standard InChI is InChI=1S/C17H19N5O2.C5H13NO/c1-21-5-2-6-22(8-7-21)17(23)15-10-16(24-20-15)12-3-4-14-13(9-12)11-18-19-14;1-5(2)7-4-3-6/h3-4,9-11H,2,5-8H2,1H3,(H,18,19);5H,3-4,6H2,1-2H3. The number of benzene rings is 1. The van der Waals surface area contributed by atoms with Crippen LogP contribution in [0.5, 0.6) is 0 Å². The van der Waals surface area contributed by atoms with Gasteiger partial charge in [-0.25, -0.2) is 0 Å². The third-order valence-electron chi connectivity index (χ3n) is 5.03. The molecule has 9 heteroatoms. The molecule has 3 heterocycles.